The maximum Gasteiger partial charge on any atom is 0.338 e. The van der Waals surface area contributed by atoms with E-state index in [0.717, 1.165) is 5.92 Å². The van der Waals surface area contributed by atoms with Crippen LogP contribution in [0.15, 0.2) is 24.4 Å². The first-order chi connectivity index (χ1) is 10.5. The summed E-state index contributed by atoms with van der Waals surface area (Å²) in [4.78, 5) is 15.0. The average Bonchev–Trinajstić information content (AvgIpc) is 2.83. The Bertz CT molecular complexity index is 741. The predicted octanol–water partition coefficient (Wildman–Crippen LogP) is 2.80. The molecule has 114 valence electrons. The largest absolute Gasteiger partial charge is 0.478 e. The molecule has 0 radical (unpaired) electrons. The summed E-state index contributed by atoms with van der Waals surface area (Å²) < 4.78 is 7.28. The number of carboxylic acids is 1. The minimum Gasteiger partial charge on any atom is -0.478 e. The number of pyridine rings is 1. The zero-order chi connectivity index (χ0) is 15.3. The van der Waals surface area contributed by atoms with Gasteiger partial charge in [-0.2, -0.15) is 0 Å². The molecule has 6 nitrogen and oxygen atoms in total. The van der Waals surface area contributed by atoms with Crippen molar-refractivity contribution < 1.29 is 14.6 Å². The van der Waals surface area contributed by atoms with E-state index in [1.807, 2.05) is 0 Å². The lowest BCUT2D eigenvalue weighted by Crippen LogP contribution is -2.55. The SMILES string of the molecule is O=C(O)c1ccc(-n2ccc(OCC34CC(C3)C4)n2)nc1Cl. The van der Waals surface area contributed by atoms with Crippen LogP contribution in [0.25, 0.3) is 5.82 Å². The fourth-order valence-corrected chi connectivity index (χ4v) is 3.52. The highest BCUT2D eigenvalue weighted by Crippen LogP contribution is 2.64. The minimum atomic E-state index is -1.10. The molecule has 3 aliphatic rings. The van der Waals surface area contributed by atoms with E-state index in [2.05, 4.69) is 10.1 Å². The molecule has 0 unspecified atom stereocenters. The highest BCUT2D eigenvalue weighted by molar-refractivity contribution is 6.32. The van der Waals surface area contributed by atoms with E-state index in [9.17, 15) is 4.79 Å². The van der Waals surface area contributed by atoms with Crippen LogP contribution in [0.3, 0.4) is 0 Å². The van der Waals surface area contributed by atoms with E-state index >= 15 is 0 Å². The van der Waals surface area contributed by atoms with Crippen molar-refractivity contribution in [1.82, 2.24) is 14.8 Å². The van der Waals surface area contributed by atoms with Gasteiger partial charge in [0.05, 0.1) is 12.2 Å². The number of nitrogens with zero attached hydrogens (tertiary/aromatic N) is 3. The van der Waals surface area contributed by atoms with Crippen molar-refractivity contribution in [1.29, 1.82) is 0 Å². The molecule has 0 aliphatic heterocycles. The lowest BCUT2D eigenvalue weighted by molar-refractivity contribution is -0.132. The molecular formula is C15H14ClN3O3. The second kappa shape index (κ2) is 4.71. The smallest absolute Gasteiger partial charge is 0.338 e. The Balaban J connectivity index is 1.48. The quantitative estimate of drug-likeness (QED) is 0.857. The summed E-state index contributed by atoms with van der Waals surface area (Å²) in [5, 5.41) is 13.2. The van der Waals surface area contributed by atoms with Crippen molar-refractivity contribution in [3.05, 3.63) is 35.1 Å². The number of carboxylic acid groups (broad SMARTS) is 1. The van der Waals surface area contributed by atoms with Crippen LogP contribution in [0.1, 0.15) is 29.6 Å². The molecule has 2 bridgehead atoms. The zero-order valence-electron chi connectivity index (χ0n) is 11.7. The van der Waals surface area contributed by atoms with Gasteiger partial charge in [0, 0.05) is 17.7 Å². The second-order valence-electron chi connectivity index (χ2n) is 6.18. The summed E-state index contributed by atoms with van der Waals surface area (Å²) in [7, 11) is 0. The Morgan fingerprint density at radius 3 is 2.77 bits per heavy atom. The Morgan fingerprint density at radius 1 is 1.41 bits per heavy atom. The second-order valence-corrected chi connectivity index (χ2v) is 6.54. The zero-order valence-corrected chi connectivity index (χ0v) is 12.5. The van der Waals surface area contributed by atoms with Crippen LogP contribution in [0, 0.1) is 11.3 Å². The van der Waals surface area contributed by atoms with Gasteiger partial charge < -0.3 is 9.84 Å². The maximum absolute atomic E-state index is 10.9. The van der Waals surface area contributed by atoms with Gasteiger partial charge in [-0.05, 0) is 37.3 Å². The lowest BCUT2D eigenvalue weighted by Gasteiger charge is -2.61. The molecule has 2 aromatic rings. The normalized spacial score (nSPS) is 25.2. The molecule has 3 saturated carbocycles. The number of carbonyl (C=O) groups is 1. The molecular weight excluding hydrogens is 306 g/mol. The van der Waals surface area contributed by atoms with Crippen LogP contribution in [0.5, 0.6) is 5.88 Å². The fraction of sp³-hybridized carbons (Fsp3) is 0.400. The van der Waals surface area contributed by atoms with Crippen LogP contribution in [-0.2, 0) is 0 Å². The number of aromatic carboxylic acids is 1. The third-order valence-corrected chi connectivity index (χ3v) is 4.84. The number of ether oxygens (including phenoxy) is 1. The highest BCUT2D eigenvalue weighted by atomic mass is 35.5. The summed E-state index contributed by atoms with van der Waals surface area (Å²) in [6.07, 6.45) is 5.56. The maximum atomic E-state index is 10.9. The van der Waals surface area contributed by atoms with Gasteiger partial charge in [0.25, 0.3) is 0 Å². The molecule has 3 fully saturated rings. The van der Waals surface area contributed by atoms with E-state index in [1.165, 1.54) is 30.0 Å². The minimum absolute atomic E-state index is 0.0299. The topological polar surface area (TPSA) is 77.2 Å². The molecule has 5 rings (SSSR count). The van der Waals surface area contributed by atoms with Crippen molar-refractivity contribution in [2.75, 3.05) is 6.61 Å². The molecule has 2 heterocycles. The Kier molecular flexibility index (Phi) is 2.91. The molecule has 3 aliphatic carbocycles. The van der Waals surface area contributed by atoms with E-state index in [1.54, 1.807) is 18.3 Å². The van der Waals surface area contributed by atoms with Crippen LogP contribution in [0.4, 0.5) is 0 Å². The van der Waals surface area contributed by atoms with Gasteiger partial charge in [-0.1, -0.05) is 11.6 Å². The summed E-state index contributed by atoms with van der Waals surface area (Å²) in [6.45, 7) is 0.715. The van der Waals surface area contributed by atoms with Crippen LogP contribution >= 0.6 is 11.6 Å². The van der Waals surface area contributed by atoms with E-state index in [-0.39, 0.29) is 10.7 Å². The third-order valence-electron chi connectivity index (χ3n) is 4.56. The summed E-state index contributed by atoms with van der Waals surface area (Å²) in [5.74, 6) is 0.827. The van der Waals surface area contributed by atoms with E-state index < -0.39 is 5.97 Å². The molecule has 0 saturated heterocycles. The number of aromatic nitrogens is 3. The van der Waals surface area contributed by atoms with Crippen LogP contribution < -0.4 is 4.74 Å². The third kappa shape index (κ3) is 2.14. The molecule has 0 atom stereocenters. The van der Waals surface area contributed by atoms with Gasteiger partial charge in [-0.15, -0.1) is 5.10 Å². The first-order valence-corrected chi connectivity index (χ1v) is 7.51. The average molecular weight is 320 g/mol. The van der Waals surface area contributed by atoms with E-state index in [0.29, 0.717) is 23.7 Å². The number of hydrogen-bond acceptors (Lipinski definition) is 4. The van der Waals surface area contributed by atoms with Crippen molar-refractivity contribution in [2.45, 2.75) is 19.3 Å². The van der Waals surface area contributed by atoms with Gasteiger partial charge in [0.2, 0.25) is 5.88 Å². The Labute approximate surface area is 131 Å². The standard InChI is InChI=1S/C15H14ClN3O3/c16-13-10(14(20)21)1-2-11(17-13)19-4-3-12(18-19)22-8-15-5-9(6-15)7-15/h1-4,9H,5-8H2,(H,20,21). The van der Waals surface area contributed by atoms with Gasteiger partial charge in [0.1, 0.15) is 5.15 Å². The molecule has 22 heavy (non-hydrogen) atoms. The van der Waals surface area contributed by atoms with Crippen LogP contribution in [-0.4, -0.2) is 32.4 Å². The molecule has 2 aromatic heterocycles. The molecule has 0 amide bonds. The molecule has 1 N–H and O–H groups in total. The lowest BCUT2D eigenvalue weighted by atomic mass is 9.45. The van der Waals surface area contributed by atoms with Crippen molar-refractivity contribution in [2.24, 2.45) is 11.3 Å². The van der Waals surface area contributed by atoms with Gasteiger partial charge >= 0.3 is 5.97 Å². The fourth-order valence-electron chi connectivity index (χ4n) is 3.29. The Hall–Kier alpha value is -2.08. The Morgan fingerprint density at radius 2 is 2.18 bits per heavy atom. The van der Waals surface area contributed by atoms with Crippen molar-refractivity contribution in [3.63, 3.8) is 0 Å². The monoisotopic (exact) mass is 319 g/mol. The van der Waals surface area contributed by atoms with Crippen molar-refractivity contribution >= 4 is 17.6 Å². The first-order valence-electron chi connectivity index (χ1n) is 7.13. The molecule has 7 heteroatoms. The highest BCUT2D eigenvalue weighted by Gasteiger charge is 2.56. The van der Waals surface area contributed by atoms with Crippen molar-refractivity contribution in [3.8, 4) is 11.7 Å². The van der Waals surface area contributed by atoms with E-state index in [4.69, 9.17) is 21.4 Å². The van der Waals surface area contributed by atoms with Gasteiger partial charge in [0.15, 0.2) is 5.82 Å². The molecule has 0 spiro atoms. The predicted molar refractivity (Wildman–Crippen MR) is 78.6 cm³/mol. The number of halogens is 1. The number of hydrogen-bond donors (Lipinski definition) is 1. The van der Waals surface area contributed by atoms with Gasteiger partial charge in [-0.3, -0.25) is 0 Å². The first kappa shape index (κ1) is 13.6. The summed E-state index contributed by atoms with van der Waals surface area (Å²) >= 11 is 5.87. The summed E-state index contributed by atoms with van der Waals surface area (Å²) in [5.41, 5.74) is 0.372. The number of rotatable bonds is 5. The molecule has 0 aromatic carbocycles. The summed E-state index contributed by atoms with van der Waals surface area (Å²) in [6, 6.07) is 4.75. The van der Waals surface area contributed by atoms with Gasteiger partial charge in [-0.25, -0.2) is 14.5 Å². The van der Waals surface area contributed by atoms with Crippen LogP contribution in [0.2, 0.25) is 5.15 Å².